The Hall–Kier alpha value is 0.427. The summed E-state index contributed by atoms with van der Waals surface area (Å²) in [5.74, 6) is 0. The van der Waals surface area contributed by atoms with Gasteiger partial charge in [0, 0.05) is 13.2 Å². The highest BCUT2D eigenvalue weighted by Gasteiger charge is 2.07. The van der Waals surface area contributed by atoms with Crippen LogP contribution in [0.4, 0.5) is 0 Å². The van der Waals surface area contributed by atoms with Crippen molar-refractivity contribution in [2.45, 2.75) is 13.8 Å². The van der Waals surface area contributed by atoms with Crippen molar-refractivity contribution >= 4 is 19.7 Å². The van der Waals surface area contributed by atoms with E-state index in [9.17, 15) is 0 Å². The Labute approximate surface area is 56.3 Å². The predicted molar refractivity (Wildman–Crippen MR) is 34.9 cm³/mol. The molecule has 0 amide bonds. The van der Waals surface area contributed by atoms with Gasteiger partial charge in [-0.25, -0.2) is 0 Å². The Morgan fingerprint density at radius 3 is 1.88 bits per heavy atom. The number of rotatable bonds is 4. The fourth-order valence-corrected chi connectivity index (χ4v) is 1.46. The summed E-state index contributed by atoms with van der Waals surface area (Å²) in [7, 11) is -1.42. The molecule has 0 saturated heterocycles. The van der Waals surface area contributed by atoms with Crippen LogP contribution < -0.4 is 0 Å². The van der Waals surface area contributed by atoms with Crippen LogP contribution in [-0.4, -0.2) is 21.8 Å². The number of hydrogen-bond acceptors (Lipinski definition) is 2. The van der Waals surface area contributed by atoms with Gasteiger partial charge in [-0.15, -0.1) is 0 Å². The molecule has 0 aromatic rings. The zero-order valence-electron chi connectivity index (χ0n) is 5.11. The molecule has 8 heavy (non-hydrogen) atoms. The van der Waals surface area contributed by atoms with Crippen molar-refractivity contribution in [3.05, 3.63) is 0 Å². The molecule has 0 N–H and O–H groups in total. The third kappa shape index (κ3) is 4.58. The Morgan fingerprint density at radius 2 is 1.62 bits per heavy atom. The van der Waals surface area contributed by atoms with Crippen LogP contribution in [0.15, 0.2) is 0 Å². The third-order valence-electron chi connectivity index (χ3n) is 0.516. The molecule has 0 rings (SSSR count). The lowest BCUT2D eigenvalue weighted by Gasteiger charge is -2.02. The van der Waals surface area contributed by atoms with Gasteiger partial charge in [0.15, 0.2) is 0 Å². The van der Waals surface area contributed by atoms with E-state index in [1.54, 1.807) is 0 Å². The van der Waals surface area contributed by atoms with E-state index < -0.39 is 8.59 Å². The second kappa shape index (κ2) is 5.56. The average Bonchev–Trinajstić information content (AvgIpc) is 1.68. The van der Waals surface area contributed by atoms with Crippen molar-refractivity contribution in [3.63, 3.8) is 0 Å². The summed E-state index contributed by atoms with van der Waals surface area (Å²) in [6.07, 6.45) is 0. The molecular weight excluding hydrogens is 144 g/mol. The quantitative estimate of drug-likeness (QED) is 0.448. The molecule has 0 spiro atoms. The summed E-state index contributed by atoms with van der Waals surface area (Å²) in [5.41, 5.74) is 0. The molecule has 0 aromatic heterocycles. The van der Waals surface area contributed by atoms with E-state index in [4.69, 9.17) is 19.9 Å². The van der Waals surface area contributed by atoms with Gasteiger partial charge in [0.25, 0.3) is 0 Å². The molecule has 0 aliphatic carbocycles. The van der Waals surface area contributed by atoms with Crippen molar-refractivity contribution in [2.24, 2.45) is 0 Å². The predicted octanol–water partition coefficient (Wildman–Crippen LogP) is 1.28. The molecule has 0 heterocycles. The smallest absolute Gasteiger partial charge is 0.382 e. The molecule has 4 heteroatoms. The molecule has 1 radical (unpaired) electrons. The first-order valence-electron chi connectivity index (χ1n) is 2.59. The summed E-state index contributed by atoms with van der Waals surface area (Å²) in [4.78, 5) is 0. The first-order valence-corrected chi connectivity index (χ1v) is 4.92. The highest BCUT2D eigenvalue weighted by Crippen LogP contribution is 1.92. The molecule has 2 nitrogen and oxygen atoms in total. The van der Waals surface area contributed by atoms with Gasteiger partial charge in [-0.2, -0.15) is 0 Å². The second-order valence-corrected chi connectivity index (χ2v) is 3.08. The van der Waals surface area contributed by atoms with Crippen LogP contribution in [0, 0.1) is 0 Å². The van der Waals surface area contributed by atoms with Gasteiger partial charge in [0.2, 0.25) is 0 Å². The van der Waals surface area contributed by atoms with Crippen LogP contribution in [0.1, 0.15) is 13.8 Å². The second-order valence-electron chi connectivity index (χ2n) is 1.10. The number of hydrogen-bond donors (Lipinski definition) is 0. The van der Waals surface area contributed by atoms with Gasteiger partial charge in [0.1, 0.15) is 0 Å². The lowest BCUT2D eigenvalue weighted by Crippen LogP contribution is -2.15. The highest BCUT2D eigenvalue weighted by atomic mass is 35.6. The summed E-state index contributed by atoms with van der Waals surface area (Å²) in [6, 6.07) is 0. The van der Waals surface area contributed by atoms with Gasteiger partial charge in [-0.1, -0.05) is 11.1 Å². The monoisotopic (exact) mass is 153 g/mol. The standard InChI is InChI=1S/C4H10ClO2Si/c1-3-6-8(5)7-4-2/h3-4H2,1-2H3. The molecule has 0 unspecified atom stereocenters. The third-order valence-corrected chi connectivity index (χ3v) is 2.20. The van der Waals surface area contributed by atoms with Crippen LogP contribution in [-0.2, 0) is 8.85 Å². The molecule has 0 atom stereocenters. The van der Waals surface area contributed by atoms with E-state index in [1.165, 1.54) is 0 Å². The zero-order chi connectivity index (χ0) is 6.41. The first kappa shape index (κ1) is 8.43. The Balaban J connectivity index is 2.92. The van der Waals surface area contributed by atoms with Gasteiger partial charge >= 0.3 is 8.59 Å². The minimum atomic E-state index is -1.42. The summed E-state index contributed by atoms with van der Waals surface area (Å²) in [5, 5.41) is 0. The average molecular weight is 154 g/mol. The van der Waals surface area contributed by atoms with Crippen LogP contribution >= 0.6 is 11.1 Å². The van der Waals surface area contributed by atoms with Crippen LogP contribution in [0.5, 0.6) is 0 Å². The van der Waals surface area contributed by atoms with Crippen molar-refractivity contribution in [3.8, 4) is 0 Å². The maximum atomic E-state index is 5.54. The molecular formula is C4H10ClO2Si. The minimum absolute atomic E-state index is 0.637. The molecule has 0 aromatic carbocycles. The van der Waals surface area contributed by atoms with Gasteiger partial charge in [-0.3, -0.25) is 0 Å². The van der Waals surface area contributed by atoms with E-state index in [-0.39, 0.29) is 0 Å². The van der Waals surface area contributed by atoms with E-state index in [0.717, 1.165) is 0 Å². The van der Waals surface area contributed by atoms with Crippen molar-refractivity contribution in [2.75, 3.05) is 13.2 Å². The Bertz CT molecular complexity index is 47.3. The normalized spacial score (nSPS) is 10.5. The van der Waals surface area contributed by atoms with Gasteiger partial charge < -0.3 is 8.85 Å². The Morgan fingerprint density at radius 1 is 1.25 bits per heavy atom. The summed E-state index contributed by atoms with van der Waals surface area (Å²) >= 11 is 5.54. The van der Waals surface area contributed by atoms with E-state index in [2.05, 4.69) is 0 Å². The Kier molecular flexibility index (Phi) is 5.86. The SMILES string of the molecule is CCO[Si](Cl)OCC. The van der Waals surface area contributed by atoms with Gasteiger partial charge in [0.05, 0.1) is 0 Å². The fraction of sp³-hybridized carbons (Fsp3) is 1.00. The largest absolute Gasteiger partial charge is 0.505 e. The lowest BCUT2D eigenvalue weighted by atomic mass is 10.9. The topological polar surface area (TPSA) is 18.5 Å². The summed E-state index contributed by atoms with van der Waals surface area (Å²) < 4.78 is 9.85. The number of halogens is 1. The van der Waals surface area contributed by atoms with Crippen molar-refractivity contribution in [1.29, 1.82) is 0 Å². The van der Waals surface area contributed by atoms with Crippen molar-refractivity contribution in [1.82, 2.24) is 0 Å². The van der Waals surface area contributed by atoms with Crippen LogP contribution in [0.2, 0.25) is 0 Å². The van der Waals surface area contributed by atoms with Crippen LogP contribution in [0.25, 0.3) is 0 Å². The van der Waals surface area contributed by atoms with E-state index in [1.807, 2.05) is 13.8 Å². The van der Waals surface area contributed by atoms with Crippen LogP contribution in [0.3, 0.4) is 0 Å². The lowest BCUT2D eigenvalue weighted by molar-refractivity contribution is 0.232. The highest BCUT2D eigenvalue weighted by molar-refractivity contribution is 6.99. The van der Waals surface area contributed by atoms with Crippen molar-refractivity contribution < 1.29 is 8.85 Å². The molecule has 0 fully saturated rings. The van der Waals surface area contributed by atoms with Gasteiger partial charge in [-0.05, 0) is 13.8 Å². The fourth-order valence-electron chi connectivity index (χ4n) is 0.269. The molecule has 0 aliphatic rings. The zero-order valence-corrected chi connectivity index (χ0v) is 6.86. The maximum absolute atomic E-state index is 5.54. The molecule has 49 valence electrons. The first-order chi connectivity index (χ1) is 3.81. The summed E-state index contributed by atoms with van der Waals surface area (Å²) in [6.45, 7) is 5.06. The minimum Gasteiger partial charge on any atom is -0.382 e. The van der Waals surface area contributed by atoms with E-state index in [0.29, 0.717) is 13.2 Å². The van der Waals surface area contributed by atoms with E-state index >= 15 is 0 Å². The molecule has 0 saturated carbocycles. The molecule has 0 aliphatic heterocycles. The maximum Gasteiger partial charge on any atom is 0.505 e. The molecule has 0 bridgehead atoms.